The summed E-state index contributed by atoms with van der Waals surface area (Å²) in [6, 6.07) is 16.9. The van der Waals surface area contributed by atoms with Crippen molar-refractivity contribution < 1.29 is 4.74 Å². The fraction of sp³-hybridized carbons (Fsp3) is 0.188. The molecule has 102 valence electrons. The van der Waals surface area contributed by atoms with Gasteiger partial charge in [0.2, 0.25) is 0 Å². The van der Waals surface area contributed by atoms with E-state index in [0.29, 0.717) is 11.6 Å². The van der Waals surface area contributed by atoms with Crippen LogP contribution in [0.15, 0.2) is 48.5 Å². The lowest BCUT2D eigenvalue weighted by molar-refractivity contribution is 0.414. The van der Waals surface area contributed by atoms with Gasteiger partial charge >= 0.3 is 0 Å². The number of nitrogens with one attached hydrogen (secondary N) is 1. The molecule has 2 aromatic carbocycles. The lowest BCUT2D eigenvalue weighted by Crippen LogP contribution is -2.19. The Bertz CT molecular complexity index is 605. The van der Waals surface area contributed by atoms with Crippen LogP contribution in [0.1, 0.15) is 17.2 Å². The SMILES string of the molecule is COc1ccc(CNC(C#N)c2ccccc2Cl)cc1. The average molecular weight is 287 g/mol. The number of nitriles is 1. The molecule has 0 fully saturated rings. The standard InChI is InChI=1S/C16H15ClN2O/c1-20-13-8-6-12(7-9-13)11-19-16(10-18)14-4-2-3-5-15(14)17/h2-9,16,19H,11H2,1H3. The molecule has 3 nitrogen and oxygen atoms in total. The topological polar surface area (TPSA) is 45.0 Å². The van der Waals surface area contributed by atoms with Crippen molar-refractivity contribution in [3.8, 4) is 11.8 Å². The van der Waals surface area contributed by atoms with Crippen molar-refractivity contribution in [2.75, 3.05) is 7.11 Å². The Morgan fingerprint density at radius 1 is 1.20 bits per heavy atom. The van der Waals surface area contributed by atoms with Gasteiger partial charge in [-0.25, -0.2) is 0 Å². The van der Waals surface area contributed by atoms with E-state index in [9.17, 15) is 5.26 Å². The van der Waals surface area contributed by atoms with Gasteiger partial charge in [0, 0.05) is 17.1 Å². The van der Waals surface area contributed by atoms with Crippen LogP contribution in [0.25, 0.3) is 0 Å². The van der Waals surface area contributed by atoms with Crippen LogP contribution in [0.3, 0.4) is 0 Å². The van der Waals surface area contributed by atoms with Gasteiger partial charge in [0.15, 0.2) is 0 Å². The molecule has 0 aliphatic heterocycles. The molecule has 0 saturated heterocycles. The summed E-state index contributed by atoms with van der Waals surface area (Å²) in [4.78, 5) is 0. The lowest BCUT2D eigenvalue weighted by atomic mass is 10.1. The number of benzene rings is 2. The summed E-state index contributed by atoms with van der Waals surface area (Å²) in [5.74, 6) is 0.816. The van der Waals surface area contributed by atoms with Crippen molar-refractivity contribution in [2.24, 2.45) is 0 Å². The van der Waals surface area contributed by atoms with Gasteiger partial charge in [0.1, 0.15) is 11.8 Å². The summed E-state index contributed by atoms with van der Waals surface area (Å²) in [5.41, 5.74) is 1.88. The second-order valence-electron chi connectivity index (χ2n) is 4.31. The van der Waals surface area contributed by atoms with Crippen LogP contribution >= 0.6 is 11.6 Å². The van der Waals surface area contributed by atoms with Crippen LogP contribution in [0.2, 0.25) is 5.02 Å². The Balaban J connectivity index is 2.04. The molecule has 0 bridgehead atoms. The van der Waals surface area contributed by atoms with Crippen LogP contribution in [0.4, 0.5) is 0 Å². The molecule has 2 aromatic rings. The molecular formula is C16H15ClN2O. The summed E-state index contributed by atoms with van der Waals surface area (Å²) in [6.07, 6.45) is 0. The zero-order valence-electron chi connectivity index (χ0n) is 11.1. The van der Waals surface area contributed by atoms with Crippen LogP contribution in [0, 0.1) is 11.3 Å². The summed E-state index contributed by atoms with van der Waals surface area (Å²) in [7, 11) is 1.64. The third kappa shape index (κ3) is 3.51. The highest BCUT2D eigenvalue weighted by Crippen LogP contribution is 2.22. The van der Waals surface area contributed by atoms with Gasteiger partial charge in [-0.05, 0) is 23.8 Å². The molecule has 20 heavy (non-hydrogen) atoms. The van der Waals surface area contributed by atoms with E-state index in [0.717, 1.165) is 16.9 Å². The summed E-state index contributed by atoms with van der Waals surface area (Å²) in [6.45, 7) is 0.591. The van der Waals surface area contributed by atoms with Crippen molar-refractivity contribution in [1.29, 1.82) is 5.26 Å². The van der Waals surface area contributed by atoms with Gasteiger partial charge in [-0.3, -0.25) is 5.32 Å². The summed E-state index contributed by atoms with van der Waals surface area (Å²) in [5, 5.41) is 13.1. The third-order valence-electron chi connectivity index (χ3n) is 3.01. The first kappa shape index (κ1) is 14.4. The molecule has 4 heteroatoms. The Morgan fingerprint density at radius 2 is 1.90 bits per heavy atom. The zero-order chi connectivity index (χ0) is 14.4. The van der Waals surface area contributed by atoms with Gasteiger partial charge in [-0.2, -0.15) is 5.26 Å². The van der Waals surface area contributed by atoms with Gasteiger partial charge in [0.05, 0.1) is 13.2 Å². The smallest absolute Gasteiger partial charge is 0.123 e. The van der Waals surface area contributed by atoms with E-state index >= 15 is 0 Å². The lowest BCUT2D eigenvalue weighted by Gasteiger charge is -2.13. The monoisotopic (exact) mass is 286 g/mol. The highest BCUT2D eigenvalue weighted by molar-refractivity contribution is 6.31. The molecule has 0 heterocycles. The predicted molar refractivity (Wildman–Crippen MR) is 79.6 cm³/mol. The quantitative estimate of drug-likeness (QED) is 0.911. The number of halogens is 1. The maximum atomic E-state index is 9.27. The molecule has 0 spiro atoms. The number of hydrogen-bond donors (Lipinski definition) is 1. The molecule has 2 rings (SSSR count). The normalized spacial score (nSPS) is 11.7. The summed E-state index contributed by atoms with van der Waals surface area (Å²) >= 11 is 6.11. The maximum Gasteiger partial charge on any atom is 0.123 e. The Labute approximate surface area is 123 Å². The highest BCUT2D eigenvalue weighted by Gasteiger charge is 2.12. The molecule has 0 aromatic heterocycles. The molecule has 0 saturated carbocycles. The predicted octanol–water partition coefficient (Wildman–Crippen LogP) is 3.70. The second kappa shape index (κ2) is 6.95. The Kier molecular flexibility index (Phi) is 5.00. The van der Waals surface area contributed by atoms with E-state index in [1.807, 2.05) is 42.5 Å². The fourth-order valence-corrected chi connectivity index (χ4v) is 2.14. The molecule has 0 aliphatic rings. The van der Waals surface area contributed by atoms with E-state index in [1.54, 1.807) is 13.2 Å². The van der Waals surface area contributed by atoms with Crippen LogP contribution in [-0.2, 0) is 6.54 Å². The van der Waals surface area contributed by atoms with E-state index in [-0.39, 0.29) is 0 Å². The minimum Gasteiger partial charge on any atom is -0.497 e. The number of nitrogens with zero attached hydrogens (tertiary/aromatic N) is 1. The number of methoxy groups -OCH3 is 1. The van der Waals surface area contributed by atoms with Gasteiger partial charge in [-0.1, -0.05) is 41.9 Å². The first-order valence-electron chi connectivity index (χ1n) is 6.25. The van der Waals surface area contributed by atoms with Crippen LogP contribution in [-0.4, -0.2) is 7.11 Å². The summed E-state index contributed by atoms with van der Waals surface area (Å²) < 4.78 is 5.11. The molecule has 1 unspecified atom stereocenters. The molecule has 1 atom stereocenters. The molecule has 1 N–H and O–H groups in total. The maximum absolute atomic E-state index is 9.27. The van der Waals surface area contributed by atoms with E-state index in [1.165, 1.54) is 0 Å². The highest BCUT2D eigenvalue weighted by atomic mass is 35.5. The molecule has 0 radical (unpaired) electrons. The molecule has 0 aliphatic carbocycles. The minimum absolute atomic E-state index is 0.425. The van der Waals surface area contributed by atoms with Crippen molar-refractivity contribution in [3.63, 3.8) is 0 Å². The number of ether oxygens (including phenoxy) is 1. The van der Waals surface area contributed by atoms with Crippen LogP contribution in [0.5, 0.6) is 5.75 Å². The second-order valence-corrected chi connectivity index (χ2v) is 4.72. The van der Waals surface area contributed by atoms with Crippen LogP contribution < -0.4 is 10.1 Å². The van der Waals surface area contributed by atoms with Crippen molar-refractivity contribution in [2.45, 2.75) is 12.6 Å². The molecule has 0 amide bonds. The first-order valence-corrected chi connectivity index (χ1v) is 6.62. The van der Waals surface area contributed by atoms with Gasteiger partial charge in [0.25, 0.3) is 0 Å². The minimum atomic E-state index is -0.425. The largest absolute Gasteiger partial charge is 0.497 e. The van der Waals surface area contributed by atoms with Gasteiger partial charge in [-0.15, -0.1) is 0 Å². The van der Waals surface area contributed by atoms with E-state index < -0.39 is 6.04 Å². The first-order chi connectivity index (χ1) is 9.74. The number of hydrogen-bond acceptors (Lipinski definition) is 3. The fourth-order valence-electron chi connectivity index (χ4n) is 1.90. The third-order valence-corrected chi connectivity index (χ3v) is 3.36. The average Bonchev–Trinajstić information content (AvgIpc) is 2.50. The van der Waals surface area contributed by atoms with Crippen molar-refractivity contribution >= 4 is 11.6 Å². The van der Waals surface area contributed by atoms with E-state index in [4.69, 9.17) is 16.3 Å². The number of rotatable bonds is 5. The van der Waals surface area contributed by atoms with Crippen molar-refractivity contribution in [3.05, 3.63) is 64.7 Å². The zero-order valence-corrected chi connectivity index (χ0v) is 11.9. The molecular weight excluding hydrogens is 272 g/mol. The Hall–Kier alpha value is -2.02. The Morgan fingerprint density at radius 3 is 2.50 bits per heavy atom. The van der Waals surface area contributed by atoms with Crippen molar-refractivity contribution in [1.82, 2.24) is 5.32 Å². The van der Waals surface area contributed by atoms with E-state index in [2.05, 4.69) is 11.4 Å². The van der Waals surface area contributed by atoms with Gasteiger partial charge < -0.3 is 4.74 Å².